The molecule has 1 aromatic carbocycles. The Morgan fingerprint density at radius 1 is 1.20 bits per heavy atom. The topological polar surface area (TPSA) is 0 Å². The molecule has 0 nitrogen and oxygen atoms in total. The van der Waals surface area contributed by atoms with Crippen LogP contribution in [0.3, 0.4) is 0 Å². The number of alkyl halides is 1. The molecule has 0 saturated heterocycles. The lowest BCUT2D eigenvalue weighted by molar-refractivity contribution is 1.16. The van der Waals surface area contributed by atoms with Gasteiger partial charge in [0.15, 0.2) is 0 Å². The Kier molecular flexibility index (Phi) is 3.29. The monoisotopic (exact) mass is 216 g/mol. The molecule has 2 heteroatoms. The first-order chi connectivity index (χ1) is 4.83. The Balaban J connectivity index is 2.69. The summed E-state index contributed by atoms with van der Waals surface area (Å²) >= 11 is 7.57. The maximum Gasteiger partial charge on any atom is 0.00718 e. The van der Waals surface area contributed by atoms with Gasteiger partial charge in [0.05, 0.1) is 0 Å². The van der Waals surface area contributed by atoms with Gasteiger partial charge in [-0.25, -0.2) is 0 Å². The predicted molar refractivity (Wildman–Crippen MR) is 51.2 cm³/mol. The van der Waals surface area contributed by atoms with E-state index in [-0.39, 0.29) is 0 Å². The largest absolute Gasteiger partial charge is 0.143 e. The maximum atomic E-state index is 4.19. The van der Waals surface area contributed by atoms with Crippen molar-refractivity contribution in [1.29, 1.82) is 0 Å². The first-order valence-electron chi connectivity index (χ1n) is 3.17. The smallest absolute Gasteiger partial charge is 0.00718 e. The average Bonchev–Trinajstić information content (AvgIpc) is 1.95. The molecule has 0 aromatic heterocycles. The molecule has 0 unspecified atom stereocenters. The molecule has 0 spiro atoms. The fourth-order valence-electron chi connectivity index (χ4n) is 0.772. The first kappa shape index (κ1) is 8.15. The van der Waals surface area contributed by atoms with E-state index >= 15 is 0 Å². The van der Waals surface area contributed by atoms with Gasteiger partial charge in [0.25, 0.3) is 0 Å². The van der Waals surface area contributed by atoms with Crippen molar-refractivity contribution >= 4 is 28.6 Å². The molecule has 0 saturated carbocycles. The highest BCUT2D eigenvalue weighted by Gasteiger charge is 1.89. The Morgan fingerprint density at radius 3 is 2.30 bits per heavy atom. The number of aryl methyl sites for hydroxylation is 1. The molecule has 0 bridgehead atoms. The third-order valence-electron chi connectivity index (χ3n) is 1.32. The summed E-state index contributed by atoms with van der Waals surface area (Å²) in [6, 6.07) is 8.23. The Morgan fingerprint density at radius 2 is 1.80 bits per heavy atom. The van der Waals surface area contributed by atoms with Crippen LogP contribution in [-0.2, 0) is 6.42 Å². The van der Waals surface area contributed by atoms with Crippen LogP contribution in [0.1, 0.15) is 5.56 Å². The summed E-state index contributed by atoms with van der Waals surface area (Å²) in [5, 5.41) is 1.03. The third-order valence-corrected chi connectivity index (χ3v) is 2.01. The average molecular weight is 217 g/mol. The van der Waals surface area contributed by atoms with Crippen LogP contribution in [0, 0.1) is 0 Å². The zero-order valence-corrected chi connectivity index (χ0v) is 8.03. The van der Waals surface area contributed by atoms with Crippen molar-refractivity contribution < 1.29 is 0 Å². The maximum absolute atomic E-state index is 4.19. The number of halogens is 1. The number of thiol groups is 1. The molecule has 0 aliphatic heterocycles. The van der Waals surface area contributed by atoms with Crippen molar-refractivity contribution in [3.05, 3.63) is 29.8 Å². The molecule has 0 amide bonds. The second-order valence-corrected chi connectivity index (χ2v) is 3.41. The summed E-state index contributed by atoms with van der Waals surface area (Å²) in [5.41, 5.74) is 1.36. The zero-order valence-electron chi connectivity index (χ0n) is 5.55. The van der Waals surface area contributed by atoms with E-state index in [9.17, 15) is 0 Å². The lowest BCUT2D eigenvalue weighted by Gasteiger charge is -1.96. The van der Waals surface area contributed by atoms with E-state index in [1.807, 2.05) is 12.1 Å². The van der Waals surface area contributed by atoms with Crippen molar-refractivity contribution in [2.45, 2.75) is 11.3 Å². The highest BCUT2D eigenvalue weighted by molar-refractivity contribution is 9.09. The summed E-state index contributed by atoms with van der Waals surface area (Å²) in [5.74, 6) is 0. The van der Waals surface area contributed by atoms with Crippen LogP contribution in [-0.4, -0.2) is 5.33 Å². The SMILES string of the molecule is Sc1ccc(CCBr)cc1. The van der Waals surface area contributed by atoms with Crippen molar-refractivity contribution in [3.8, 4) is 0 Å². The summed E-state index contributed by atoms with van der Waals surface area (Å²) in [7, 11) is 0. The highest BCUT2D eigenvalue weighted by atomic mass is 79.9. The number of hydrogen-bond donors (Lipinski definition) is 1. The molecule has 0 atom stereocenters. The minimum absolute atomic E-state index is 1.03. The van der Waals surface area contributed by atoms with Crippen molar-refractivity contribution in [1.82, 2.24) is 0 Å². The molecular formula is C8H9BrS. The van der Waals surface area contributed by atoms with Gasteiger partial charge >= 0.3 is 0 Å². The lowest BCUT2D eigenvalue weighted by Crippen LogP contribution is -1.83. The Labute approximate surface area is 75.2 Å². The van der Waals surface area contributed by atoms with E-state index in [2.05, 4.69) is 40.7 Å². The molecule has 0 aliphatic carbocycles. The van der Waals surface area contributed by atoms with Crippen molar-refractivity contribution in [3.63, 3.8) is 0 Å². The summed E-state index contributed by atoms with van der Waals surface area (Å²) in [4.78, 5) is 1.03. The van der Waals surface area contributed by atoms with Gasteiger partial charge < -0.3 is 0 Å². The van der Waals surface area contributed by atoms with Gasteiger partial charge in [0.1, 0.15) is 0 Å². The first-order valence-corrected chi connectivity index (χ1v) is 4.73. The van der Waals surface area contributed by atoms with Gasteiger partial charge in [-0.15, -0.1) is 12.6 Å². The Bertz CT molecular complexity index is 193. The fourth-order valence-corrected chi connectivity index (χ4v) is 1.38. The van der Waals surface area contributed by atoms with Gasteiger partial charge in [0.2, 0.25) is 0 Å². The van der Waals surface area contributed by atoms with Crippen molar-refractivity contribution in [2.75, 3.05) is 5.33 Å². The molecule has 0 radical (unpaired) electrons. The zero-order chi connectivity index (χ0) is 7.40. The minimum Gasteiger partial charge on any atom is -0.143 e. The predicted octanol–water partition coefficient (Wildman–Crippen LogP) is 2.91. The molecule has 0 aliphatic rings. The van der Waals surface area contributed by atoms with E-state index in [1.165, 1.54) is 5.56 Å². The molecule has 1 aromatic rings. The van der Waals surface area contributed by atoms with E-state index in [0.29, 0.717) is 0 Å². The van der Waals surface area contributed by atoms with Gasteiger partial charge in [-0.05, 0) is 24.1 Å². The second-order valence-electron chi connectivity index (χ2n) is 2.11. The van der Waals surface area contributed by atoms with E-state index in [0.717, 1.165) is 16.6 Å². The minimum atomic E-state index is 1.03. The third kappa shape index (κ3) is 2.35. The number of benzene rings is 1. The molecule has 0 fully saturated rings. The number of hydrogen-bond acceptors (Lipinski definition) is 1. The van der Waals surface area contributed by atoms with Crippen LogP contribution in [0.15, 0.2) is 29.2 Å². The van der Waals surface area contributed by atoms with Crippen LogP contribution in [0.25, 0.3) is 0 Å². The molecular weight excluding hydrogens is 208 g/mol. The molecule has 1 rings (SSSR count). The lowest BCUT2D eigenvalue weighted by atomic mass is 10.2. The summed E-state index contributed by atoms with van der Waals surface area (Å²) < 4.78 is 0. The molecule has 0 heterocycles. The van der Waals surface area contributed by atoms with Crippen LogP contribution >= 0.6 is 28.6 Å². The van der Waals surface area contributed by atoms with E-state index in [4.69, 9.17) is 0 Å². The van der Waals surface area contributed by atoms with Gasteiger partial charge in [-0.1, -0.05) is 28.1 Å². The van der Waals surface area contributed by atoms with Gasteiger partial charge in [0, 0.05) is 10.2 Å². The molecule has 10 heavy (non-hydrogen) atoms. The van der Waals surface area contributed by atoms with Crippen LogP contribution in [0.2, 0.25) is 0 Å². The van der Waals surface area contributed by atoms with Crippen LogP contribution in [0.4, 0.5) is 0 Å². The number of rotatable bonds is 2. The summed E-state index contributed by atoms with van der Waals surface area (Å²) in [6.45, 7) is 0. The highest BCUT2D eigenvalue weighted by Crippen LogP contribution is 2.08. The van der Waals surface area contributed by atoms with Gasteiger partial charge in [-0.2, -0.15) is 0 Å². The van der Waals surface area contributed by atoms with Crippen LogP contribution in [0.5, 0.6) is 0 Å². The fraction of sp³-hybridized carbons (Fsp3) is 0.250. The van der Waals surface area contributed by atoms with Crippen LogP contribution < -0.4 is 0 Å². The molecule has 54 valence electrons. The summed E-state index contributed by atoms with van der Waals surface area (Å²) in [6.07, 6.45) is 1.09. The quantitative estimate of drug-likeness (QED) is 0.571. The Hall–Kier alpha value is 0.0500. The molecule has 0 N–H and O–H groups in total. The van der Waals surface area contributed by atoms with E-state index < -0.39 is 0 Å². The normalized spacial score (nSPS) is 9.80. The van der Waals surface area contributed by atoms with Crippen molar-refractivity contribution in [2.24, 2.45) is 0 Å². The van der Waals surface area contributed by atoms with Gasteiger partial charge in [-0.3, -0.25) is 0 Å². The van der Waals surface area contributed by atoms with E-state index in [1.54, 1.807) is 0 Å². The standard InChI is InChI=1S/C8H9BrS/c9-6-5-7-1-3-8(10)4-2-7/h1-4,10H,5-6H2. The second kappa shape index (κ2) is 4.04.